The minimum Gasteiger partial charge on any atom is -0.393 e. The van der Waals surface area contributed by atoms with Gasteiger partial charge in [-0.05, 0) is 51.6 Å². The van der Waals surface area contributed by atoms with E-state index in [-0.39, 0.29) is 30.8 Å². The van der Waals surface area contributed by atoms with Crippen LogP contribution in [0.2, 0.25) is 0 Å². The van der Waals surface area contributed by atoms with Gasteiger partial charge in [-0.25, -0.2) is 0 Å². The van der Waals surface area contributed by atoms with E-state index in [2.05, 4.69) is 10.6 Å². The molecule has 0 aromatic rings. The van der Waals surface area contributed by atoms with Crippen molar-refractivity contribution in [3.63, 3.8) is 0 Å². The van der Waals surface area contributed by atoms with Gasteiger partial charge in [0.1, 0.15) is 6.61 Å². The maximum atomic E-state index is 11.7. The third-order valence-corrected chi connectivity index (χ3v) is 3.75. The Kier molecular flexibility index (Phi) is 5.41. The minimum atomic E-state index is -0.255. The van der Waals surface area contributed by atoms with E-state index in [1.54, 1.807) is 0 Å². The number of carbonyl (C=O) groups excluding carboxylic acids is 1. The summed E-state index contributed by atoms with van der Waals surface area (Å²) in [5, 5.41) is 15.8. The number of carbonyl (C=O) groups is 1. The predicted octanol–water partition coefficient (Wildman–Crippen LogP) is 0.175. The van der Waals surface area contributed by atoms with E-state index in [1.165, 1.54) is 0 Å². The van der Waals surface area contributed by atoms with Gasteiger partial charge in [0.05, 0.1) is 12.2 Å². The molecule has 2 atom stereocenters. The Bertz CT molecular complexity index is 267. The summed E-state index contributed by atoms with van der Waals surface area (Å²) in [6, 6.07) is 0.123. The average molecular weight is 256 g/mol. The highest BCUT2D eigenvalue weighted by Gasteiger charge is 2.22. The van der Waals surface area contributed by atoms with Crippen LogP contribution < -0.4 is 10.6 Å². The van der Waals surface area contributed by atoms with Crippen molar-refractivity contribution in [1.82, 2.24) is 10.6 Å². The number of aliphatic hydroxyl groups is 1. The number of piperidine rings is 1. The molecule has 0 aromatic heterocycles. The van der Waals surface area contributed by atoms with Crippen molar-refractivity contribution in [1.29, 1.82) is 0 Å². The molecule has 104 valence electrons. The molecular formula is C13H24N2O3. The first-order valence-electron chi connectivity index (χ1n) is 7.04. The normalized spacial score (nSPS) is 30.1. The number of hydrogen-bond donors (Lipinski definition) is 3. The molecule has 0 aromatic carbocycles. The van der Waals surface area contributed by atoms with Crippen molar-refractivity contribution < 1.29 is 14.6 Å². The molecule has 1 amide bonds. The smallest absolute Gasteiger partial charge is 0.246 e. The Morgan fingerprint density at radius 1 is 1.28 bits per heavy atom. The molecule has 0 spiro atoms. The molecule has 1 aliphatic heterocycles. The Balaban J connectivity index is 1.62. The molecule has 1 saturated carbocycles. The summed E-state index contributed by atoms with van der Waals surface area (Å²) >= 11 is 0. The Morgan fingerprint density at radius 2 is 2.06 bits per heavy atom. The van der Waals surface area contributed by atoms with Crippen molar-refractivity contribution >= 4 is 5.91 Å². The number of ether oxygens (including phenoxy) is 1. The van der Waals surface area contributed by atoms with Gasteiger partial charge in [-0.2, -0.15) is 0 Å². The lowest BCUT2D eigenvalue weighted by molar-refractivity contribution is -0.129. The van der Waals surface area contributed by atoms with Crippen molar-refractivity contribution in [3.05, 3.63) is 0 Å². The van der Waals surface area contributed by atoms with Crippen molar-refractivity contribution in [3.8, 4) is 0 Å². The van der Waals surface area contributed by atoms with Gasteiger partial charge in [0.25, 0.3) is 0 Å². The fraction of sp³-hybridized carbons (Fsp3) is 0.923. The van der Waals surface area contributed by atoms with E-state index in [0.717, 1.165) is 45.2 Å². The van der Waals surface area contributed by atoms with E-state index in [0.29, 0.717) is 6.42 Å². The first-order chi connectivity index (χ1) is 8.74. The molecule has 0 bridgehead atoms. The molecular weight excluding hydrogens is 232 g/mol. The standard InChI is InChI=1S/C13H24N2O3/c16-11-3-1-2-10(8-11)15-13(17)9-18-12-4-6-14-7-5-12/h10-12,14,16H,1-9H2,(H,15,17). The summed E-state index contributed by atoms with van der Waals surface area (Å²) < 4.78 is 5.60. The van der Waals surface area contributed by atoms with E-state index < -0.39 is 0 Å². The van der Waals surface area contributed by atoms with Crippen LogP contribution in [0.4, 0.5) is 0 Å². The maximum absolute atomic E-state index is 11.7. The van der Waals surface area contributed by atoms with Gasteiger partial charge in [0, 0.05) is 6.04 Å². The summed E-state index contributed by atoms with van der Waals surface area (Å²) in [6.07, 6.45) is 5.42. The van der Waals surface area contributed by atoms with Gasteiger partial charge in [-0.1, -0.05) is 0 Å². The lowest BCUT2D eigenvalue weighted by atomic mass is 9.93. The van der Waals surface area contributed by atoms with Gasteiger partial charge < -0.3 is 20.5 Å². The lowest BCUT2D eigenvalue weighted by Gasteiger charge is -2.27. The molecule has 2 unspecified atom stereocenters. The zero-order chi connectivity index (χ0) is 12.8. The van der Waals surface area contributed by atoms with Crippen LogP contribution in [0.5, 0.6) is 0 Å². The van der Waals surface area contributed by atoms with Gasteiger partial charge >= 0.3 is 0 Å². The molecule has 1 saturated heterocycles. The van der Waals surface area contributed by atoms with Crippen LogP contribution in [0.3, 0.4) is 0 Å². The Hall–Kier alpha value is -0.650. The molecule has 1 heterocycles. The highest BCUT2D eigenvalue weighted by Crippen LogP contribution is 2.18. The second-order valence-electron chi connectivity index (χ2n) is 5.35. The molecule has 2 aliphatic rings. The van der Waals surface area contributed by atoms with E-state index in [9.17, 15) is 9.90 Å². The zero-order valence-electron chi connectivity index (χ0n) is 10.9. The van der Waals surface area contributed by atoms with Crippen molar-refractivity contribution in [2.24, 2.45) is 0 Å². The van der Waals surface area contributed by atoms with Gasteiger partial charge in [0.15, 0.2) is 0 Å². The SMILES string of the molecule is O=C(COC1CCNCC1)NC1CCCC(O)C1. The first kappa shape index (κ1) is 13.8. The summed E-state index contributed by atoms with van der Waals surface area (Å²) in [6.45, 7) is 2.10. The zero-order valence-corrected chi connectivity index (χ0v) is 10.9. The largest absolute Gasteiger partial charge is 0.393 e. The van der Waals surface area contributed by atoms with Crippen LogP contribution in [-0.2, 0) is 9.53 Å². The van der Waals surface area contributed by atoms with Crippen LogP contribution in [0.15, 0.2) is 0 Å². The van der Waals surface area contributed by atoms with E-state index in [1.807, 2.05) is 0 Å². The fourth-order valence-electron chi connectivity index (χ4n) is 2.72. The quantitative estimate of drug-likeness (QED) is 0.671. The molecule has 1 aliphatic carbocycles. The van der Waals surface area contributed by atoms with Crippen molar-refractivity contribution in [2.75, 3.05) is 19.7 Å². The van der Waals surface area contributed by atoms with Crippen LogP contribution in [0.25, 0.3) is 0 Å². The molecule has 2 fully saturated rings. The molecule has 5 heteroatoms. The van der Waals surface area contributed by atoms with Crippen LogP contribution in [0, 0.1) is 0 Å². The third kappa shape index (κ3) is 4.55. The summed E-state index contributed by atoms with van der Waals surface area (Å²) in [4.78, 5) is 11.7. The predicted molar refractivity (Wildman–Crippen MR) is 68.2 cm³/mol. The highest BCUT2D eigenvalue weighted by molar-refractivity contribution is 5.77. The van der Waals surface area contributed by atoms with E-state index in [4.69, 9.17) is 4.74 Å². The van der Waals surface area contributed by atoms with E-state index >= 15 is 0 Å². The number of rotatable bonds is 4. The Labute approximate surface area is 108 Å². The summed E-state index contributed by atoms with van der Waals surface area (Å²) in [5.74, 6) is -0.0485. The van der Waals surface area contributed by atoms with Gasteiger partial charge in [-0.15, -0.1) is 0 Å². The highest BCUT2D eigenvalue weighted by atomic mass is 16.5. The molecule has 18 heavy (non-hydrogen) atoms. The van der Waals surface area contributed by atoms with Crippen LogP contribution in [-0.4, -0.2) is 49.0 Å². The van der Waals surface area contributed by atoms with Gasteiger partial charge in [-0.3, -0.25) is 4.79 Å². The summed E-state index contributed by atoms with van der Waals surface area (Å²) in [5.41, 5.74) is 0. The number of nitrogens with one attached hydrogen (secondary N) is 2. The van der Waals surface area contributed by atoms with Crippen LogP contribution in [0.1, 0.15) is 38.5 Å². The molecule has 5 nitrogen and oxygen atoms in total. The maximum Gasteiger partial charge on any atom is 0.246 e. The molecule has 0 radical (unpaired) electrons. The molecule has 3 N–H and O–H groups in total. The first-order valence-corrected chi connectivity index (χ1v) is 7.04. The average Bonchev–Trinajstić information content (AvgIpc) is 2.38. The monoisotopic (exact) mass is 256 g/mol. The van der Waals surface area contributed by atoms with Crippen molar-refractivity contribution in [2.45, 2.75) is 56.8 Å². The second kappa shape index (κ2) is 7.07. The summed E-state index contributed by atoms with van der Waals surface area (Å²) in [7, 11) is 0. The minimum absolute atomic E-state index is 0.0485. The topological polar surface area (TPSA) is 70.6 Å². The molecule has 2 rings (SSSR count). The van der Waals surface area contributed by atoms with Crippen LogP contribution >= 0.6 is 0 Å². The third-order valence-electron chi connectivity index (χ3n) is 3.75. The Morgan fingerprint density at radius 3 is 2.78 bits per heavy atom. The van der Waals surface area contributed by atoms with Gasteiger partial charge in [0.2, 0.25) is 5.91 Å². The fourth-order valence-corrected chi connectivity index (χ4v) is 2.72. The number of hydrogen-bond acceptors (Lipinski definition) is 4. The second-order valence-corrected chi connectivity index (χ2v) is 5.35. The number of aliphatic hydroxyl groups excluding tert-OH is 1. The number of amides is 1. The lowest BCUT2D eigenvalue weighted by Crippen LogP contribution is -2.42.